The minimum atomic E-state index is -1.02. The van der Waals surface area contributed by atoms with E-state index in [0.29, 0.717) is 37.5 Å². The average molecular weight is 438 g/mol. The lowest BCUT2D eigenvalue weighted by Crippen LogP contribution is -2.45. The predicted octanol–water partition coefficient (Wildman–Crippen LogP) is 5.25. The smallest absolute Gasteiger partial charge is 0.326 e. The fourth-order valence-electron chi connectivity index (χ4n) is 5.58. The average Bonchev–Trinajstić information content (AvgIpc) is 2.73. The lowest BCUT2D eigenvalue weighted by Gasteiger charge is -2.30. The second-order valence-corrected chi connectivity index (χ2v) is 10.5. The SMILES string of the molecule is CC(C)C[C@H](NC(=O)C(CC1CCCCC1)CC(CC1CCCCC1)C(=O)O)C(=O)O. The van der Waals surface area contributed by atoms with E-state index >= 15 is 0 Å². The third-order valence-corrected chi connectivity index (χ3v) is 7.30. The maximum atomic E-state index is 13.2. The van der Waals surface area contributed by atoms with Crippen molar-refractivity contribution in [3.63, 3.8) is 0 Å². The Morgan fingerprint density at radius 1 is 0.742 bits per heavy atom. The van der Waals surface area contributed by atoms with Crippen molar-refractivity contribution in [1.82, 2.24) is 5.32 Å². The molecule has 6 nitrogen and oxygen atoms in total. The maximum absolute atomic E-state index is 13.2. The van der Waals surface area contributed by atoms with Crippen molar-refractivity contribution in [2.24, 2.45) is 29.6 Å². The monoisotopic (exact) mass is 437 g/mol. The molecular weight excluding hydrogens is 394 g/mol. The van der Waals surface area contributed by atoms with Crippen LogP contribution in [0.25, 0.3) is 0 Å². The van der Waals surface area contributed by atoms with Crippen LogP contribution in [0, 0.1) is 29.6 Å². The normalized spacial score (nSPS) is 21.4. The van der Waals surface area contributed by atoms with E-state index in [1.165, 1.54) is 25.7 Å². The zero-order valence-corrected chi connectivity index (χ0v) is 19.5. The molecule has 3 atom stereocenters. The summed E-state index contributed by atoms with van der Waals surface area (Å²) in [5.74, 6) is -2.05. The molecule has 0 aliphatic heterocycles. The van der Waals surface area contributed by atoms with Gasteiger partial charge >= 0.3 is 11.9 Å². The molecule has 0 aromatic rings. The molecule has 2 fully saturated rings. The van der Waals surface area contributed by atoms with Crippen molar-refractivity contribution in [2.75, 3.05) is 0 Å². The molecule has 1 amide bonds. The number of rotatable bonds is 12. The fourth-order valence-corrected chi connectivity index (χ4v) is 5.58. The number of amides is 1. The molecule has 0 saturated heterocycles. The van der Waals surface area contributed by atoms with Gasteiger partial charge in [-0.05, 0) is 43.4 Å². The third-order valence-electron chi connectivity index (χ3n) is 7.30. The van der Waals surface area contributed by atoms with Crippen LogP contribution in [-0.2, 0) is 14.4 Å². The molecule has 0 heterocycles. The van der Waals surface area contributed by atoms with Crippen molar-refractivity contribution in [2.45, 2.75) is 110 Å². The molecule has 2 aliphatic rings. The highest BCUT2D eigenvalue weighted by molar-refractivity contribution is 5.85. The molecule has 2 rings (SSSR count). The van der Waals surface area contributed by atoms with Crippen molar-refractivity contribution in [3.05, 3.63) is 0 Å². The topological polar surface area (TPSA) is 104 Å². The Bertz CT molecular complexity index is 578. The largest absolute Gasteiger partial charge is 0.481 e. The van der Waals surface area contributed by atoms with Crippen LogP contribution in [0.5, 0.6) is 0 Å². The number of carbonyl (C=O) groups excluding carboxylic acids is 1. The summed E-state index contributed by atoms with van der Waals surface area (Å²) in [4.78, 5) is 36.9. The van der Waals surface area contributed by atoms with E-state index in [-0.39, 0.29) is 11.8 Å². The van der Waals surface area contributed by atoms with Gasteiger partial charge in [-0.15, -0.1) is 0 Å². The summed E-state index contributed by atoms with van der Waals surface area (Å²) in [6.07, 6.45) is 13.4. The molecule has 2 saturated carbocycles. The molecular formula is C25H43NO5. The van der Waals surface area contributed by atoms with Gasteiger partial charge < -0.3 is 15.5 Å². The molecule has 178 valence electrons. The zero-order valence-electron chi connectivity index (χ0n) is 19.5. The van der Waals surface area contributed by atoms with Crippen molar-refractivity contribution in [3.8, 4) is 0 Å². The molecule has 0 radical (unpaired) electrons. The summed E-state index contributed by atoms with van der Waals surface area (Å²) >= 11 is 0. The Morgan fingerprint density at radius 2 is 1.23 bits per heavy atom. The number of carboxylic acid groups (broad SMARTS) is 2. The summed E-state index contributed by atoms with van der Waals surface area (Å²) < 4.78 is 0. The van der Waals surface area contributed by atoms with Gasteiger partial charge in [-0.3, -0.25) is 9.59 Å². The summed E-state index contributed by atoms with van der Waals surface area (Å²) in [6.45, 7) is 3.87. The highest BCUT2D eigenvalue weighted by Gasteiger charge is 2.33. The van der Waals surface area contributed by atoms with Gasteiger partial charge in [0.1, 0.15) is 6.04 Å². The van der Waals surface area contributed by atoms with Crippen molar-refractivity contribution in [1.29, 1.82) is 0 Å². The molecule has 3 N–H and O–H groups in total. The van der Waals surface area contributed by atoms with Gasteiger partial charge in [-0.2, -0.15) is 0 Å². The highest BCUT2D eigenvalue weighted by Crippen LogP contribution is 2.35. The summed E-state index contributed by atoms with van der Waals surface area (Å²) in [6, 6.07) is -0.914. The Labute approximate surface area is 187 Å². The predicted molar refractivity (Wildman–Crippen MR) is 121 cm³/mol. The van der Waals surface area contributed by atoms with Crippen LogP contribution in [0.3, 0.4) is 0 Å². The Balaban J connectivity index is 2.09. The van der Waals surface area contributed by atoms with Crippen LogP contribution in [0.4, 0.5) is 0 Å². The van der Waals surface area contributed by atoms with Crippen molar-refractivity contribution < 1.29 is 24.6 Å². The molecule has 2 unspecified atom stereocenters. The van der Waals surface area contributed by atoms with Crippen LogP contribution in [0.1, 0.15) is 104 Å². The van der Waals surface area contributed by atoms with Crippen LogP contribution in [-0.4, -0.2) is 34.1 Å². The van der Waals surface area contributed by atoms with Gasteiger partial charge in [0.2, 0.25) is 5.91 Å². The highest BCUT2D eigenvalue weighted by atomic mass is 16.4. The Hall–Kier alpha value is -1.59. The summed E-state index contributed by atoms with van der Waals surface area (Å²) in [5.41, 5.74) is 0. The number of carboxylic acids is 2. The molecule has 2 aliphatic carbocycles. The van der Waals surface area contributed by atoms with E-state index in [9.17, 15) is 24.6 Å². The minimum absolute atomic E-state index is 0.149. The Morgan fingerprint density at radius 3 is 1.65 bits per heavy atom. The molecule has 0 aromatic heterocycles. The number of carbonyl (C=O) groups is 3. The van der Waals surface area contributed by atoms with Gasteiger partial charge in [-0.1, -0.05) is 78.1 Å². The number of hydrogen-bond acceptors (Lipinski definition) is 3. The van der Waals surface area contributed by atoms with E-state index < -0.39 is 29.8 Å². The Kier molecular flexibility index (Phi) is 10.8. The van der Waals surface area contributed by atoms with E-state index in [4.69, 9.17) is 0 Å². The van der Waals surface area contributed by atoms with Crippen molar-refractivity contribution >= 4 is 17.8 Å². The van der Waals surface area contributed by atoms with E-state index in [1.807, 2.05) is 13.8 Å². The number of aliphatic carboxylic acids is 2. The second-order valence-electron chi connectivity index (χ2n) is 10.5. The number of hydrogen-bond donors (Lipinski definition) is 3. The third kappa shape index (κ3) is 9.20. The summed E-state index contributed by atoms with van der Waals surface area (Å²) in [5, 5.41) is 22.2. The first-order valence-electron chi connectivity index (χ1n) is 12.5. The molecule has 0 bridgehead atoms. The maximum Gasteiger partial charge on any atom is 0.326 e. The first kappa shape index (κ1) is 25.7. The standard InChI is InChI=1S/C25H43NO5/c1-17(2)13-22(25(30)31)26-23(27)20(14-18-9-5-3-6-10-18)16-21(24(28)29)15-19-11-7-4-8-12-19/h17-22H,3-16H2,1-2H3,(H,26,27)(H,28,29)(H,30,31)/t20?,21?,22-/m0/s1. The zero-order chi connectivity index (χ0) is 22.8. The van der Waals surface area contributed by atoms with Gasteiger partial charge in [-0.25, -0.2) is 4.79 Å². The van der Waals surface area contributed by atoms with E-state index in [2.05, 4.69) is 5.32 Å². The van der Waals surface area contributed by atoms with Gasteiger partial charge in [0, 0.05) is 5.92 Å². The van der Waals surface area contributed by atoms with Gasteiger partial charge in [0.05, 0.1) is 5.92 Å². The van der Waals surface area contributed by atoms with Crippen LogP contribution in [0.2, 0.25) is 0 Å². The first-order chi connectivity index (χ1) is 14.8. The lowest BCUT2D eigenvalue weighted by molar-refractivity contribution is -0.145. The van der Waals surface area contributed by atoms with Gasteiger partial charge in [0.15, 0.2) is 0 Å². The van der Waals surface area contributed by atoms with E-state index in [0.717, 1.165) is 38.5 Å². The number of nitrogens with one attached hydrogen (secondary N) is 1. The van der Waals surface area contributed by atoms with E-state index in [1.54, 1.807) is 0 Å². The molecule has 0 spiro atoms. The minimum Gasteiger partial charge on any atom is -0.481 e. The van der Waals surface area contributed by atoms with Crippen LogP contribution >= 0.6 is 0 Å². The van der Waals surface area contributed by atoms with Crippen LogP contribution < -0.4 is 5.32 Å². The second kappa shape index (κ2) is 13.1. The fraction of sp³-hybridized carbons (Fsp3) is 0.880. The van der Waals surface area contributed by atoms with Crippen LogP contribution in [0.15, 0.2) is 0 Å². The quantitative estimate of drug-likeness (QED) is 0.387. The molecule has 0 aromatic carbocycles. The molecule has 6 heteroatoms. The summed E-state index contributed by atoms with van der Waals surface area (Å²) in [7, 11) is 0. The lowest BCUT2D eigenvalue weighted by atomic mass is 9.76. The first-order valence-corrected chi connectivity index (χ1v) is 12.5. The molecule has 31 heavy (non-hydrogen) atoms. The van der Waals surface area contributed by atoms with Gasteiger partial charge in [0.25, 0.3) is 0 Å².